The van der Waals surface area contributed by atoms with Gasteiger partial charge < -0.3 is 24.4 Å². The summed E-state index contributed by atoms with van der Waals surface area (Å²) in [5, 5.41) is 9.16. The van der Waals surface area contributed by atoms with E-state index in [0.29, 0.717) is 30.9 Å². The lowest BCUT2D eigenvalue weighted by Gasteiger charge is -2.33. The minimum atomic E-state index is -0.872. The van der Waals surface area contributed by atoms with Crippen molar-refractivity contribution in [3.05, 3.63) is 83.4 Å². The standard InChI is InChI=1S/C27H26N2O5/c1-28-16-21(34-25-8-3-2-6-24(25)28)17-33-20-11-9-18(10-12-20)27(32)29-14-13-22-19(15-26(30)31)5-4-7-23(22)29/h2-12,21H,13-17H2,1H3,(H,30,31). The van der Waals surface area contributed by atoms with Gasteiger partial charge >= 0.3 is 5.97 Å². The van der Waals surface area contributed by atoms with E-state index in [1.54, 1.807) is 29.2 Å². The van der Waals surface area contributed by atoms with Crippen molar-refractivity contribution in [3.8, 4) is 11.5 Å². The van der Waals surface area contributed by atoms with Gasteiger partial charge in [0.25, 0.3) is 5.91 Å². The molecule has 1 unspecified atom stereocenters. The van der Waals surface area contributed by atoms with Crippen LogP contribution in [0.5, 0.6) is 11.5 Å². The molecule has 0 aromatic heterocycles. The Morgan fingerprint density at radius 1 is 1.03 bits per heavy atom. The van der Waals surface area contributed by atoms with Crippen molar-refractivity contribution < 1.29 is 24.2 Å². The average molecular weight is 459 g/mol. The second kappa shape index (κ2) is 9.09. The molecule has 0 saturated carbocycles. The smallest absolute Gasteiger partial charge is 0.307 e. The maximum Gasteiger partial charge on any atom is 0.307 e. The molecule has 0 bridgehead atoms. The summed E-state index contributed by atoms with van der Waals surface area (Å²) in [4.78, 5) is 28.2. The summed E-state index contributed by atoms with van der Waals surface area (Å²) < 4.78 is 12.0. The highest BCUT2D eigenvalue weighted by Gasteiger charge is 2.28. The zero-order valence-corrected chi connectivity index (χ0v) is 18.9. The Kier molecular flexibility index (Phi) is 5.84. The average Bonchev–Trinajstić information content (AvgIpc) is 3.28. The summed E-state index contributed by atoms with van der Waals surface area (Å²) in [5.41, 5.74) is 4.13. The number of amides is 1. The molecule has 0 radical (unpaired) electrons. The molecule has 0 aliphatic carbocycles. The summed E-state index contributed by atoms with van der Waals surface area (Å²) in [7, 11) is 2.04. The van der Waals surface area contributed by atoms with Crippen LogP contribution in [0.4, 0.5) is 11.4 Å². The van der Waals surface area contributed by atoms with Gasteiger partial charge in [0, 0.05) is 24.8 Å². The normalized spacial score (nSPS) is 16.4. The molecule has 0 fully saturated rings. The number of anilines is 2. The van der Waals surface area contributed by atoms with E-state index in [-0.39, 0.29) is 18.4 Å². The van der Waals surface area contributed by atoms with Gasteiger partial charge in [-0.3, -0.25) is 9.59 Å². The Morgan fingerprint density at radius 2 is 1.79 bits per heavy atom. The minimum absolute atomic E-state index is 0.0384. The van der Waals surface area contributed by atoms with Gasteiger partial charge in [-0.25, -0.2) is 0 Å². The SMILES string of the molecule is CN1CC(COc2ccc(C(=O)N3CCc4c(CC(=O)O)cccc43)cc2)Oc2ccccc21. The van der Waals surface area contributed by atoms with Crippen LogP contribution in [0, 0.1) is 0 Å². The summed E-state index contributed by atoms with van der Waals surface area (Å²) in [6.07, 6.45) is 0.524. The number of likely N-dealkylation sites (N-methyl/N-ethyl adjacent to an activating group) is 1. The van der Waals surface area contributed by atoms with Crippen LogP contribution in [0.15, 0.2) is 66.7 Å². The highest BCUT2D eigenvalue weighted by atomic mass is 16.5. The second-order valence-electron chi connectivity index (χ2n) is 8.62. The van der Waals surface area contributed by atoms with E-state index in [1.165, 1.54) is 0 Å². The number of carbonyl (C=O) groups excluding carboxylic acids is 1. The van der Waals surface area contributed by atoms with Crippen molar-refractivity contribution >= 4 is 23.3 Å². The van der Waals surface area contributed by atoms with Gasteiger partial charge in [-0.1, -0.05) is 24.3 Å². The lowest BCUT2D eigenvalue weighted by atomic mass is 10.0. The molecule has 2 aliphatic heterocycles. The van der Waals surface area contributed by atoms with E-state index < -0.39 is 5.97 Å². The van der Waals surface area contributed by atoms with Crippen molar-refractivity contribution in [1.29, 1.82) is 0 Å². The van der Waals surface area contributed by atoms with E-state index in [9.17, 15) is 9.59 Å². The number of aliphatic carboxylic acids is 1. The molecule has 3 aromatic rings. The fraction of sp³-hybridized carbons (Fsp3) is 0.259. The molecular weight excluding hydrogens is 432 g/mol. The summed E-state index contributed by atoms with van der Waals surface area (Å²) in [5.74, 6) is 0.547. The Bertz CT molecular complexity index is 1220. The first-order valence-electron chi connectivity index (χ1n) is 11.3. The Hall–Kier alpha value is -4.00. The van der Waals surface area contributed by atoms with Crippen molar-refractivity contribution in [2.24, 2.45) is 0 Å². The van der Waals surface area contributed by atoms with Gasteiger partial charge in [0.05, 0.1) is 18.7 Å². The number of carboxylic acids is 1. The molecule has 174 valence electrons. The lowest BCUT2D eigenvalue weighted by molar-refractivity contribution is -0.136. The largest absolute Gasteiger partial charge is 0.490 e. The van der Waals surface area contributed by atoms with Gasteiger partial charge in [0.1, 0.15) is 24.2 Å². The maximum atomic E-state index is 13.2. The minimum Gasteiger partial charge on any atom is -0.490 e. The molecule has 2 heterocycles. The van der Waals surface area contributed by atoms with Crippen LogP contribution < -0.4 is 19.3 Å². The van der Waals surface area contributed by atoms with Crippen LogP contribution in [0.3, 0.4) is 0 Å². The van der Waals surface area contributed by atoms with Crippen LogP contribution in [0.1, 0.15) is 21.5 Å². The molecule has 7 nitrogen and oxygen atoms in total. The van der Waals surface area contributed by atoms with Crippen LogP contribution >= 0.6 is 0 Å². The van der Waals surface area contributed by atoms with E-state index >= 15 is 0 Å². The number of ether oxygens (including phenoxy) is 2. The summed E-state index contributed by atoms with van der Waals surface area (Å²) in [6, 6.07) is 20.6. The molecule has 34 heavy (non-hydrogen) atoms. The van der Waals surface area contributed by atoms with Gasteiger partial charge in [-0.05, 0) is 60.0 Å². The van der Waals surface area contributed by atoms with E-state index in [2.05, 4.69) is 4.90 Å². The van der Waals surface area contributed by atoms with Gasteiger partial charge in [0.2, 0.25) is 0 Å². The Balaban J connectivity index is 1.23. The van der Waals surface area contributed by atoms with Crippen molar-refractivity contribution in [3.63, 3.8) is 0 Å². The number of hydrogen-bond acceptors (Lipinski definition) is 5. The number of benzene rings is 3. The molecule has 0 saturated heterocycles. The van der Waals surface area contributed by atoms with E-state index in [4.69, 9.17) is 14.6 Å². The number of carboxylic acid groups (broad SMARTS) is 1. The number of fused-ring (bicyclic) bond motifs is 2. The second-order valence-corrected chi connectivity index (χ2v) is 8.62. The predicted molar refractivity (Wildman–Crippen MR) is 129 cm³/mol. The van der Waals surface area contributed by atoms with Crippen LogP contribution in [-0.2, 0) is 17.6 Å². The quantitative estimate of drug-likeness (QED) is 0.606. The number of nitrogens with zero attached hydrogens (tertiary/aromatic N) is 2. The zero-order valence-electron chi connectivity index (χ0n) is 18.9. The maximum absolute atomic E-state index is 13.2. The Morgan fingerprint density at radius 3 is 2.59 bits per heavy atom. The topological polar surface area (TPSA) is 79.3 Å². The third-order valence-electron chi connectivity index (χ3n) is 6.30. The first-order valence-corrected chi connectivity index (χ1v) is 11.3. The Labute approximate surface area is 198 Å². The molecule has 7 heteroatoms. The first kappa shape index (κ1) is 21.8. The number of hydrogen-bond donors (Lipinski definition) is 1. The zero-order chi connectivity index (χ0) is 23.7. The van der Waals surface area contributed by atoms with E-state index in [0.717, 1.165) is 34.8 Å². The van der Waals surface area contributed by atoms with Crippen LogP contribution in [0.25, 0.3) is 0 Å². The molecule has 1 N–H and O–H groups in total. The highest BCUT2D eigenvalue weighted by Crippen LogP contribution is 2.33. The number of rotatable bonds is 6. The fourth-order valence-corrected chi connectivity index (χ4v) is 4.66. The fourth-order valence-electron chi connectivity index (χ4n) is 4.66. The third-order valence-corrected chi connectivity index (χ3v) is 6.30. The van der Waals surface area contributed by atoms with Crippen molar-refractivity contribution in [2.45, 2.75) is 18.9 Å². The lowest BCUT2D eigenvalue weighted by Crippen LogP contribution is -2.41. The molecule has 5 rings (SSSR count). The summed E-state index contributed by atoms with van der Waals surface area (Å²) in [6.45, 7) is 1.67. The van der Waals surface area contributed by atoms with Crippen molar-refractivity contribution in [2.75, 3.05) is 36.5 Å². The molecule has 1 amide bonds. The molecule has 0 spiro atoms. The molecule has 1 atom stereocenters. The number of para-hydroxylation sites is 2. The van der Waals surface area contributed by atoms with E-state index in [1.807, 2.05) is 49.5 Å². The van der Waals surface area contributed by atoms with Gasteiger partial charge in [0.15, 0.2) is 0 Å². The number of carbonyl (C=O) groups is 2. The highest BCUT2D eigenvalue weighted by molar-refractivity contribution is 6.07. The predicted octanol–water partition coefficient (Wildman–Crippen LogP) is 3.79. The molecular formula is C27H26N2O5. The van der Waals surface area contributed by atoms with Crippen LogP contribution in [-0.4, -0.2) is 49.8 Å². The van der Waals surface area contributed by atoms with Gasteiger partial charge in [-0.2, -0.15) is 0 Å². The molecule has 2 aliphatic rings. The first-order chi connectivity index (χ1) is 16.5. The molecule has 3 aromatic carbocycles. The monoisotopic (exact) mass is 458 g/mol. The van der Waals surface area contributed by atoms with Crippen LogP contribution in [0.2, 0.25) is 0 Å². The van der Waals surface area contributed by atoms with Gasteiger partial charge in [-0.15, -0.1) is 0 Å². The third kappa shape index (κ3) is 4.29. The van der Waals surface area contributed by atoms with Crippen molar-refractivity contribution in [1.82, 2.24) is 0 Å². The summed E-state index contributed by atoms with van der Waals surface area (Å²) >= 11 is 0.